The first-order valence-electron chi connectivity index (χ1n) is 10.4. The molecule has 1 aliphatic heterocycles. The third-order valence-corrected chi connectivity index (χ3v) is 7.24. The molecular formula is C26H19Cl2N3O2S. The van der Waals surface area contributed by atoms with Crippen LogP contribution in [0.3, 0.4) is 0 Å². The number of hydrogen-bond donors (Lipinski definition) is 1. The van der Waals surface area contributed by atoms with E-state index in [1.54, 1.807) is 42.5 Å². The van der Waals surface area contributed by atoms with Gasteiger partial charge in [-0.2, -0.15) is 5.26 Å². The number of para-hydroxylation sites is 1. The van der Waals surface area contributed by atoms with Crippen LogP contribution in [-0.4, -0.2) is 17.1 Å². The van der Waals surface area contributed by atoms with Crippen LogP contribution < -0.4 is 10.2 Å². The van der Waals surface area contributed by atoms with Gasteiger partial charge in [-0.3, -0.25) is 14.5 Å². The van der Waals surface area contributed by atoms with Gasteiger partial charge >= 0.3 is 0 Å². The summed E-state index contributed by atoms with van der Waals surface area (Å²) >= 11 is 13.7. The van der Waals surface area contributed by atoms with Crippen LogP contribution in [0.1, 0.15) is 11.1 Å². The topological polar surface area (TPSA) is 73.2 Å². The van der Waals surface area contributed by atoms with Crippen LogP contribution in [0, 0.1) is 18.3 Å². The zero-order valence-electron chi connectivity index (χ0n) is 18.1. The number of nitrogens with one attached hydrogen (secondary N) is 1. The molecule has 0 spiro atoms. The molecule has 1 unspecified atom stereocenters. The number of carbonyl (C=O) groups excluding carboxylic acids is 2. The number of carbonyl (C=O) groups is 2. The largest absolute Gasteiger partial charge is 0.320 e. The molecule has 5 nitrogen and oxygen atoms in total. The van der Waals surface area contributed by atoms with E-state index in [4.69, 9.17) is 23.2 Å². The summed E-state index contributed by atoms with van der Waals surface area (Å²) in [6, 6.07) is 23.4. The maximum absolute atomic E-state index is 13.5. The summed E-state index contributed by atoms with van der Waals surface area (Å²) in [6.45, 7) is 1.94. The fourth-order valence-corrected chi connectivity index (χ4v) is 5.22. The molecule has 4 rings (SSSR count). The van der Waals surface area contributed by atoms with E-state index in [0.717, 1.165) is 11.1 Å². The normalized spacial score (nSPS) is 16.8. The van der Waals surface area contributed by atoms with Crippen molar-refractivity contribution in [2.75, 3.05) is 10.2 Å². The Morgan fingerprint density at radius 1 is 1.03 bits per heavy atom. The summed E-state index contributed by atoms with van der Waals surface area (Å²) in [5.41, 5.74) is 2.64. The summed E-state index contributed by atoms with van der Waals surface area (Å²) < 4.78 is 0. The van der Waals surface area contributed by atoms with Crippen LogP contribution in [-0.2, 0) is 16.0 Å². The van der Waals surface area contributed by atoms with E-state index in [2.05, 4.69) is 5.32 Å². The third-order valence-electron chi connectivity index (χ3n) is 5.28. The Hall–Kier alpha value is -3.24. The van der Waals surface area contributed by atoms with E-state index in [9.17, 15) is 14.9 Å². The summed E-state index contributed by atoms with van der Waals surface area (Å²) in [5.74, 6) is -0.858. The van der Waals surface area contributed by atoms with Gasteiger partial charge in [-0.1, -0.05) is 83.0 Å². The first-order chi connectivity index (χ1) is 16.4. The van der Waals surface area contributed by atoms with Gasteiger partial charge in [0.15, 0.2) is 0 Å². The Kier molecular flexibility index (Phi) is 7.28. The van der Waals surface area contributed by atoms with Crippen molar-refractivity contribution in [3.05, 3.63) is 105 Å². The Bertz CT molecular complexity index is 1330. The van der Waals surface area contributed by atoms with Crippen molar-refractivity contribution in [3.63, 3.8) is 0 Å². The zero-order chi connectivity index (χ0) is 24.2. The number of nitrogens with zero attached hydrogens (tertiary/aromatic N) is 2. The van der Waals surface area contributed by atoms with Crippen molar-refractivity contribution < 1.29 is 9.59 Å². The van der Waals surface area contributed by atoms with Gasteiger partial charge in [0.1, 0.15) is 16.7 Å². The molecule has 0 aliphatic carbocycles. The van der Waals surface area contributed by atoms with Gasteiger partial charge in [0, 0.05) is 10.7 Å². The quantitative estimate of drug-likeness (QED) is 0.321. The minimum atomic E-state index is -0.638. The highest BCUT2D eigenvalue weighted by molar-refractivity contribution is 8.05. The Labute approximate surface area is 212 Å². The van der Waals surface area contributed by atoms with Gasteiger partial charge < -0.3 is 5.32 Å². The number of aryl methyl sites for hydroxylation is 1. The lowest BCUT2D eigenvalue weighted by Crippen LogP contribution is -2.31. The molecule has 1 N–H and O–H groups in total. The van der Waals surface area contributed by atoms with E-state index < -0.39 is 11.2 Å². The summed E-state index contributed by atoms with van der Waals surface area (Å²) in [5, 5.41) is 13.3. The van der Waals surface area contributed by atoms with Crippen molar-refractivity contribution in [3.8, 4) is 6.07 Å². The van der Waals surface area contributed by atoms with Crippen LogP contribution >= 0.6 is 35.0 Å². The van der Waals surface area contributed by atoms with Gasteiger partial charge in [-0.15, -0.1) is 0 Å². The summed E-state index contributed by atoms with van der Waals surface area (Å²) in [6.07, 6.45) is 0.361. The Morgan fingerprint density at radius 3 is 2.32 bits per heavy atom. The fraction of sp³-hybridized carbons (Fsp3) is 0.115. The number of amides is 2. The maximum atomic E-state index is 13.5. The van der Waals surface area contributed by atoms with Gasteiger partial charge in [0.25, 0.3) is 5.91 Å². The molecule has 3 aromatic carbocycles. The molecule has 1 fully saturated rings. The third kappa shape index (κ3) is 4.97. The van der Waals surface area contributed by atoms with Crippen LogP contribution in [0.4, 0.5) is 11.4 Å². The second-order valence-electron chi connectivity index (χ2n) is 7.64. The Balaban J connectivity index is 1.75. The van der Waals surface area contributed by atoms with Gasteiger partial charge in [0.05, 0.1) is 16.0 Å². The van der Waals surface area contributed by atoms with E-state index in [1.165, 1.54) is 16.7 Å². The van der Waals surface area contributed by atoms with E-state index >= 15 is 0 Å². The van der Waals surface area contributed by atoms with Crippen LogP contribution in [0.5, 0.6) is 0 Å². The first kappa shape index (κ1) is 23.9. The second-order valence-corrected chi connectivity index (χ2v) is 9.64. The smallest absolute Gasteiger partial charge is 0.269 e. The van der Waals surface area contributed by atoms with Crippen molar-refractivity contribution in [1.82, 2.24) is 0 Å². The van der Waals surface area contributed by atoms with Crippen molar-refractivity contribution in [2.24, 2.45) is 0 Å². The summed E-state index contributed by atoms with van der Waals surface area (Å²) in [7, 11) is 0. The molecular weight excluding hydrogens is 489 g/mol. The number of anilines is 2. The molecule has 2 amide bonds. The molecule has 0 saturated carbocycles. The lowest BCUT2D eigenvalue weighted by atomic mass is 10.1. The first-order valence-corrected chi connectivity index (χ1v) is 12.0. The van der Waals surface area contributed by atoms with E-state index in [-0.39, 0.29) is 16.5 Å². The molecule has 0 radical (unpaired) electrons. The number of benzene rings is 3. The molecule has 1 aliphatic rings. The monoisotopic (exact) mass is 507 g/mol. The molecule has 3 aromatic rings. The highest BCUT2D eigenvalue weighted by atomic mass is 35.5. The average Bonchev–Trinajstić information content (AvgIpc) is 3.13. The highest BCUT2D eigenvalue weighted by Gasteiger charge is 2.41. The number of halogens is 2. The second kappa shape index (κ2) is 10.4. The summed E-state index contributed by atoms with van der Waals surface area (Å²) in [4.78, 5) is 28.1. The van der Waals surface area contributed by atoms with Crippen LogP contribution in [0.25, 0.3) is 0 Å². The number of nitriles is 1. The lowest BCUT2D eigenvalue weighted by molar-refractivity contribution is -0.117. The van der Waals surface area contributed by atoms with E-state index in [1.807, 2.05) is 43.3 Å². The van der Waals surface area contributed by atoms with Crippen molar-refractivity contribution >= 4 is 58.2 Å². The Morgan fingerprint density at radius 2 is 1.68 bits per heavy atom. The minimum Gasteiger partial charge on any atom is -0.320 e. The van der Waals surface area contributed by atoms with Gasteiger partial charge in [0.2, 0.25) is 5.91 Å². The average molecular weight is 508 g/mol. The predicted molar refractivity (Wildman–Crippen MR) is 138 cm³/mol. The minimum absolute atomic E-state index is 0.166. The zero-order valence-corrected chi connectivity index (χ0v) is 20.4. The molecule has 0 aromatic heterocycles. The van der Waals surface area contributed by atoms with Gasteiger partial charge in [-0.25, -0.2) is 0 Å². The molecule has 0 bridgehead atoms. The van der Waals surface area contributed by atoms with Crippen molar-refractivity contribution in [1.29, 1.82) is 5.26 Å². The maximum Gasteiger partial charge on any atom is 0.269 e. The van der Waals surface area contributed by atoms with Crippen LogP contribution in [0.15, 0.2) is 83.4 Å². The van der Waals surface area contributed by atoms with Crippen molar-refractivity contribution in [2.45, 2.75) is 18.6 Å². The molecule has 34 heavy (non-hydrogen) atoms. The lowest BCUT2D eigenvalue weighted by Gasteiger charge is -2.19. The highest BCUT2D eigenvalue weighted by Crippen LogP contribution is 2.42. The van der Waals surface area contributed by atoms with Gasteiger partial charge in [-0.05, 0) is 49.2 Å². The number of rotatable bonds is 5. The molecule has 8 heteroatoms. The molecule has 170 valence electrons. The number of thioether (sulfide) groups is 1. The van der Waals surface area contributed by atoms with E-state index in [0.29, 0.717) is 27.8 Å². The SMILES string of the molecule is Cc1ccc(N2C(=O)C(Cc3ccccc3Cl)S/C2=C(/C#N)C(=O)Nc2ccccc2Cl)cc1. The standard InChI is InChI=1S/C26H19Cl2N3O2S/c1-16-10-12-18(13-11-16)31-25(33)23(14-17-6-2-3-7-20(17)27)34-26(31)19(15-29)24(32)30-22-9-5-4-8-21(22)28/h2-13,23H,14H2,1H3,(H,30,32)/b26-19-. The number of hydrogen-bond acceptors (Lipinski definition) is 4. The molecule has 1 heterocycles. The fourth-order valence-electron chi connectivity index (χ4n) is 3.53. The molecule has 1 atom stereocenters. The molecule has 1 saturated heterocycles. The van der Waals surface area contributed by atoms with Crippen LogP contribution in [0.2, 0.25) is 10.0 Å². The predicted octanol–water partition coefficient (Wildman–Crippen LogP) is 6.37.